The van der Waals surface area contributed by atoms with E-state index in [1.807, 2.05) is 32.9 Å². The van der Waals surface area contributed by atoms with Crippen LogP contribution < -0.4 is 0 Å². The van der Waals surface area contributed by atoms with Crippen LogP contribution in [0.2, 0.25) is 0 Å². The van der Waals surface area contributed by atoms with Crippen molar-refractivity contribution >= 4 is 0 Å². The van der Waals surface area contributed by atoms with Crippen LogP contribution in [0.4, 0.5) is 8.78 Å². The summed E-state index contributed by atoms with van der Waals surface area (Å²) in [7, 11) is 0. The number of likely N-dealkylation sites (tertiary alicyclic amines) is 1. The van der Waals surface area contributed by atoms with Gasteiger partial charge < -0.3 is 0 Å². The maximum absolute atomic E-state index is 12.5. The highest BCUT2D eigenvalue weighted by Crippen LogP contribution is 2.27. The largest absolute Gasteiger partial charge is 0.285 e. The van der Waals surface area contributed by atoms with Crippen LogP contribution in [0.15, 0.2) is 18.3 Å². The average molecular weight is 228 g/mol. The Morgan fingerprint density at radius 2 is 1.94 bits per heavy atom. The first kappa shape index (κ1) is 13.0. The van der Waals surface area contributed by atoms with Crippen molar-refractivity contribution < 1.29 is 8.78 Å². The highest BCUT2D eigenvalue weighted by atomic mass is 19.3. The van der Waals surface area contributed by atoms with E-state index in [-0.39, 0.29) is 13.1 Å². The van der Waals surface area contributed by atoms with Crippen molar-refractivity contribution in [2.45, 2.75) is 33.2 Å². The lowest BCUT2D eigenvalue weighted by atomic mass is 10.1. The van der Waals surface area contributed by atoms with Crippen LogP contribution in [0.25, 0.3) is 0 Å². The summed E-state index contributed by atoms with van der Waals surface area (Å²) in [6, 6.07) is 3.83. The number of alkyl halides is 2. The molecule has 1 aliphatic rings. The van der Waals surface area contributed by atoms with Gasteiger partial charge >= 0.3 is 0 Å². The topological polar surface area (TPSA) is 16.1 Å². The predicted octanol–water partition coefficient (Wildman–Crippen LogP) is 2.87. The molecular weight excluding hydrogens is 210 g/mol. The molecule has 2 rings (SSSR count). The van der Waals surface area contributed by atoms with Gasteiger partial charge in [-0.2, -0.15) is 0 Å². The van der Waals surface area contributed by atoms with Crippen molar-refractivity contribution in [3.05, 3.63) is 29.6 Å². The van der Waals surface area contributed by atoms with Gasteiger partial charge in [0, 0.05) is 12.7 Å². The molecular formula is C12H18F2N2. The Kier molecular flexibility index (Phi) is 4.35. The third kappa shape index (κ3) is 3.52. The molecule has 0 atom stereocenters. The lowest BCUT2D eigenvalue weighted by molar-refractivity contribution is -0.134. The van der Waals surface area contributed by atoms with Crippen LogP contribution >= 0.6 is 0 Å². The molecule has 0 bridgehead atoms. The summed E-state index contributed by atoms with van der Waals surface area (Å²) in [5, 5.41) is 0. The fourth-order valence-electron chi connectivity index (χ4n) is 1.54. The molecule has 0 radical (unpaired) electrons. The van der Waals surface area contributed by atoms with E-state index in [4.69, 9.17) is 0 Å². The highest BCUT2D eigenvalue weighted by molar-refractivity contribution is 5.12. The van der Waals surface area contributed by atoms with Crippen LogP contribution in [-0.4, -0.2) is 28.9 Å². The Bertz CT molecular complexity index is 314. The molecule has 4 heteroatoms. The minimum absolute atomic E-state index is 0.136. The monoisotopic (exact) mass is 228 g/mol. The van der Waals surface area contributed by atoms with Crippen LogP contribution in [0.5, 0.6) is 0 Å². The van der Waals surface area contributed by atoms with Gasteiger partial charge in [-0.3, -0.25) is 9.88 Å². The number of rotatable bonds is 2. The molecule has 90 valence electrons. The van der Waals surface area contributed by atoms with E-state index in [1.165, 1.54) is 0 Å². The van der Waals surface area contributed by atoms with Gasteiger partial charge in [0.25, 0.3) is 5.92 Å². The molecule has 0 amide bonds. The SMILES string of the molecule is CC.Cc1ccc(CN2CC(F)(F)C2)nc1. The first-order valence-electron chi connectivity index (χ1n) is 5.57. The van der Waals surface area contributed by atoms with Gasteiger partial charge in [0.2, 0.25) is 0 Å². The molecule has 2 heterocycles. The fourth-order valence-corrected chi connectivity index (χ4v) is 1.54. The Labute approximate surface area is 95.3 Å². The second kappa shape index (κ2) is 5.34. The molecule has 0 aromatic carbocycles. The van der Waals surface area contributed by atoms with Crippen LogP contribution in [-0.2, 0) is 6.54 Å². The van der Waals surface area contributed by atoms with E-state index < -0.39 is 5.92 Å². The predicted molar refractivity (Wildman–Crippen MR) is 60.5 cm³/mol. The van der Waals surface area contributed by atoms with Crippen molar-refractivity contribution in [1.82, 2.24) is 9.88 Å². The van der Waals surface area contributed by atoms with Crippen molar-refractivity contribution in [3.8, 4) is 0 Å². The average Bonchev–Trinajstić information content (AvgIpc) is 2.22. The number of aromatic nitrogens is 1. The summed E-state index contributed by atoms with van der Waals surface area (Å²) in [4.78, 5) is 5.85. The maximum atomic E-state index is 12.5. The molecule has 16 heavy (non-hydrogen) atoms. The standard InChI is InChI=1S/C10H12F2N2.C2H6/c1-8-2-3-9(13-4-8)5-14-6-10(11,12)7-14;1-2/h2-4H,5-7H2,1H3;1-2H3. The quantitative estimate of drug-likeness (QED) is 0.773. The summed E-state index contributed by atoms with van der Waals surface area (Å²) in [6.45, 7) is 6.20. The summed E-state index contributed by atoms with van der Waals surface area (Å²) >= 11 is 0. The van der Waals surface area contributed by atoms with Gasteiger partial charge in [-0.05, 0) is 18.6 Å². The number of hydrogen-bond acceptors (Lipinski definition) is 2. The van der Waals surface area contributed by atoms with Crippen LogP contribution in [0.1, 0.15) is 25.1 Å². The zero-order valence-electron chi connectivity index (χ0n) is 10.0. The zero-order chi connectivity index (χ0) is 12.2. The molecule has 0 aliphatic carbocycles. The van der Waals surface area contributed by atoms with E-state index in [2.05, 4.69) is 4.98 Å². The van der Waals surface area contributed by atoms with Crippen molar-refractivity contribution in [2.75, 3.05) is 13.1 Å². The molecule has 1 aliphatic heterocycles. The van der Waals surface area contributed by atoms with Gasteiger partial charge in [0.1, 0.15) is 0 Å². The third-order valence-corrected chi connectivity index (χ3v) is 2.27. The fraction of sp³-hybridized carbons (Fsp3) is 0.583. The van der Waals surface area contributed by atoms with E-state index in [0.29, 0.717) is 6.54 Å². The van der Waals surface area contributed by atoms with Gasteiger partial charge in [-0.1, -0.05) is 19.9 Å². The van der Waals surface area contributed by atoms with Crippen molar-refractivity contribution in [3.63, 3.8) is 0 Å². The maximum Gasteiger partial charge on any atom is 0.272 e. The Balaban J connectivity index is 0.000000606. The first-order chi connectivity index (χ1) is 7.55. The van der Waals surface area contributed by atoms with E-state index in [1.54, 1.807) is 11.1 Å². The van der Waals surface area contributed by atoms with E-state index >= 15 is 0 Å². The minimum atomic E-state index is -2.48. The first-order valence-corrected chi connectivity index (χ1v) is 5.57. The van der Waals surface area contributed by atoms with Gasteiger partial charge in [-0.15, -0.1) is 0 Å². The molecule has 0 saturated carbocycles. The van der Waals surface area contributed by atoms with Gasteiger partial charge in [0.15, 0.2) is 0 Å². The number of pyridine rings is 1. The van der Waals surface area contributed by atoms with Crippen molar-refractivity contribution in [2.24, 2.45) is 0 Å². The molecule has 0 N–H and O–H groups in total. The summed E-state index contributed by atoms with van der Waals surface area (Å²) < 4.78 is 25.0. The summed E-state index contributed by atoms with van der Waals surface area (Å²) in [6.07, 6.45) is 1.76. The van der Waals surface area contributed by atoms with Crippen LogP contribution in [0, 0.1) is 6.92 Å². The minimum Gasteiger partial charge on any atom is -0.285 e. The normalized spacial score (nSPS) is 18.3. The molecule has 1 aromatic rings. The Morgan fingerprint density at radius 1 is 1.31 bits per heavy atom. The molecule has 1 aromatic heterocycles. The molecule has 0 unspecified atom stereocenters. The molecule has 1 fully saturated rings. The molecule has 1 saturated heterocycles. The smallest absolute Gasteiger partial charge is 0.272 e. The lowest BCUT2D eigenvalue weighted by Crippen LogP contribution is -2.55. The second-order valence-electron chi connectivity index (χ2n) is 3.83. The van der Waals surface area contributed by atoms with Gasteiger partial charge in [0.05, 0.1) is 18.8 Å². The Morgan fingerprint density at radius 3 is 2.38 bits per heavy atom. The molecule has 2 nitrogen and oxygen atoms in total. The van der Waals surface area contributed by atoms with Crippen molar-refractivity contribution in [1.29, 1.82) is 0 Å². The molecule has 0 spiro atoms. The lowest BCUT2D eigenvalue weighted by Gasteiger charge is -2.38. The third-order valence-electron chi connectivity index (χ3n) is 2.27. The number of nitrogens with zero attached hydrogens (tertiary/aromatic N) is 2. The summed E-state index contributed by atoms with van der Waals surface area (Å²) in [5.74, 6) is -2.48. The summed E-state index contributed by atoms with van der Waals surface area (Å²) in [5.41, 5.74) is 1.94. The van der Waals surface area contributed by atoms with Crippen LogP contribution in [0.3, 0.4) is 0 Å². The second-order valence-corrected chi connectivity index (χ2v) is 3.83. The zero-order valence-corrected chi connectivity index (χ0v) is 10.0. The van der Waals surface area contributed by atoms with Gasteiger partial charge in [-0.25, -0.2) is 8.78 Å². The number of halogens is 2. The number of aryl methyl sites for hydroxylation is 1. The Hall–Kier alpha value is -1.03. The van der Waals surface area contributed by atoms with E-state index in [0.717, 1.165) is 11.3 Å². The number of hydrogen-bond donors (Lipinski definition) is 0. The highest BCUT2D eigenvalue weighted by Gasteiger charge is 2.43. The van der Waals surface area contributed by atoms with E-state index in [9.17, 15) is 8.78 Å².